The molecule has 0 bridgehead atoms. The van der Waals surface area contributed by atoms with Gasteiger partial charge in [0.2, 0.25) is 0 Å². The van der Waals surface area contributed by atoms with Gasteiger partial charge in [0.05, 0.1) is 16.7 Å². The largest absolute Gasteiger partial charge is 0.310 e. The van der Waals surface area contributed by atoms with E-state index in [1.807, 2.05) is 0 Å². The fraction of sp³-hybridized carbons (Fsp3) is 0.0545. The van der Waals surface area contributed by atoms with E-state index in [0.29, 0.717) is 0 Å². The summed E-state index contributed by atoms with van der Waals surface area (Å²) >= 11 is 0. The van der Waals surface area contributed by atoms with Gasteiger partial charge in [0.25, 0.3) is 0 Å². The molecule has 1 aliphatic rings. The molecule has 0 atom stereocenters. The van der Waals surface area contributed by atoms with E-state index in [9.17, 15) is 0 Å². The molecule has 0 fully saturated rings. The highest BCUT2D eigenvalue weighted by Crippen LogP contribution is 2.51. The molecule has 0 spiro atoms. The first-order chi connectivity index (χ1) is 28.0. The average molecular weight is 729 g/mol. The topological polar surface area (TPSA) is 8.17 Å². The van der Waals surface area contributed by atoms with Crippen LogP contribution in [0.4, 0.5) is 17.1 Å². The Morgan fingerprint density at radius 2 is 0.965 bits per heavy atom. The second-order valence-corrected chi connectivity index (χ2v) is 15.7. The molecular weight excluding hydrogens is 689 g/mol. The van der Waals surface area contributed by atoms with Crippen molar-refractivity contribution in [1.29, 1.82) is 0 Å². The van der Waals surface area contributed by atoms with Crippen LogP contribution in [0.5, 0.6) is 0 Å². The SMILES string of the molecule is CC1(C)c2ccccc2-c2ccc(N(c3ccc(-c4ccccc4)cc3)c3ccc4c(c3)c3c5ccccc5ccc3n4-c3ccccc3-c3ccccc3)cc21. The van der Waals surface area contributed by atoms with Gasteiger partial charge in [-0.05, 0) is 104 Å². The van der Waals surface area contributed by atoms with Crippen molar-refractivity contribution in [2.24, 2.45) is 0 Å². The summed E-state index contributed by atoms with van der Waals surface area (Å²) in [4.78, 5) is 2.44. The summed E-state index contributed by atoms with van der Waals surface area (Å²) in [5.41, 5.74) is 17.0. The van der Waals surface area contributed by atoms with Crippen LogP contribution in [0, 0.1) is 0 Å². The molecule has 0 saturated heterocycles. The van der Waals surface area contributed by atoms with Crippen molar-refractivity contribution in [1.82, 2.24) is 4.57 Å². The fourth-order valence-electron chi connectivity index (χ4n) is 9.42. The third-order valence-electron chi connectivity index (χ3n) is 12.2. The first-order valence-electron chi connectivity index (χ1n) is 19.9. The van der Waals surface area contributed by atoms with Crippen molar-refractivity contribution in [3.8, 4) is 39.1 Å². The molecule has 1 aliphatic carbocycles. The van der Waals surface area contributed by atoms with Gasteiger partial charge in [-0.1, -0.05) is 166 Å². The number of hydrogen-bond acceptors (Lipinski definition) is 1. The highest BCUT2D eigenvalue weighted by molar-refractivity contribution is 6.22. The van der Waals surface area contributed by atoms with Crippen LogP contribution in [0.25, 0.3) is 71.6 Å². The molecule has 0 saturated carbocycles. The molecule has 0 amide bonds. The van der Waals surface area contributed by atoms with E-state index >= 15 is 0 Å². The van der Waals surface area contributed by atoms with Gasteiger partial charge in [-0.15, -0.1) is 0 Å². The Balaban J connectivity index is 1.16. The third-order valence-corrected chi connectivity index (χ3v) is 12.2. The number of anilines is 3. The summed E-state index contributed by atoms with van der Waals surface area (Å²) in [6.45, 7) is 4.72. The van der Waals surface area contributed by atoms with Crippen molar-refractivity contribution in [2.75, 3.05) is 4.90 Å². The van der Waals surface area contributed by atoms with Crippen LogP contribution < -0.4 is 4.90 Å². The van der Waals surface area contributed by atoms with Crippen LogP contribution in [0.2, 0.25) is 0 Å². The third kappa shape index (κ3) is 5.25. The second-order valence-electron chi connectivity index (χ2n) is 15.7. The number of para-hydroxylation sites is 1. The Kier molecular flexibility index (Phi) is 7.55. The lowest BCUT2D eigenvalue weighted by Crippen LogP contribution is -2.16. The summed E-state index contributed by atoms with van der Waals surface area (Å²) in [6, 6.07) is 75.6. The lowest BCUT2D eigenvalue weighted by Gasteiger charge is -2.28. The van der Waals surface area contributed by atoms with Crippen molar-refractivity contribution >= 4 is 49.6 Å². The quantitative estimate of drug-likeness (QED) is 0.165. The van der Waals surface area contributed by atoms with E-state index in [1.165, 1.54) is 82.8 Å². The standard InChI is InChI=1S/C55H40N2/c1-55(2)49-23-13-11-22-46(49)47-32-30-43(36-50(47)55)56(41-28-25-38(26-29-41)37-15-5-3-6-16-37)42-31-34-52-48(35-42)54-45-21-10-9-19-40(45)27-33-53(54)57(52)51-24-14-12-20-44(51)39-17-7-4-8-18-39/h3-36H,1-2H3. The van der Waals surface area contributed by atoms with E-state index in [2.05, 4.69) is 230 Å². The Labute approximate surface area is 333 Å². The lowest BCUT2D eigenvalue weighted by atomic mass is 9.82. The smallest absolute Gasteiger partial charge is 0.0547 e. The molecule has 1 aromatic heterocycles. The van der Waals surface area contributed by atoms with Gasteiger partial charge in [-0.25, -0.2) is 0 Å². The van der Waals surface area contributed by atoms with Gasteiger partial charge in [-0.2, -0.15) is 0 Å². The van der Waals surface area contributed by atoms with E-state index < -0.39 is 0 Å². The molecule has 2 heteroatoms. The molecule has 0 N–H and O–H groups in total. The number of rotatable bonds is 6. The molecular formula is C55H40N2. The molecule has 0 aliphatic heterocycles. The molecule has 0 unspecified atom stereocenters. The van der Waals surface area contributed by atoms with Gasteiger partial charge in [0, 0.05) is 38.8 Å². The average Bonchev–Trinajstić information content (AvgIpc) is 3.72. The molecule has 10 aromatic rings. The van der Waals surface area contributed by atoms with Gasteiger partial charge in [-0.3, -0.25) is 0 Å². The number of fused-ring (bicyclic) bond motifs is 8. The van der Waals surface area contributed by atoms with Crippen molar-refractivity contribution in [3.63, 3.8) is 0 Å². The molecule has 9 aromatic carbocycles. The minimum Gasteiger partial charge on any atom is -0.310 e. The monoisotopic (exact) mass is 728 g/mol. The van der Waals surface area contributed by atoms with Gasteiger partial charge in [0.15, 0.2) is 0 Å². The highest BCUT2D eigenvalue weighted by atomic mass is 15.1. The maximum Gasteiger partial charge on any atom is 0.0547 e. The van der Waals surface area contributed by atoms with Crippen LogP contribution in [0.15, 0.2) is 206 Å². The predicted molar refractivity (Wildman–Crippen MR) is 241 cm³/mol. The zero-order valence-electron chi connectivity index (χ0n) is 32.0. The summed E-state index contributed by atoms with van der Waals surface area (Å²) in [7, 11) is 0. The molecule has 57 heavy (non-hydrogen) atoms. The highest BCUT2D eigenvalue weighted by Gasteiger charge is 2.35. The normalized spacial score (nSPS) is 12.9. The Bertz CT molecular complexity index is 3130. The molecule has 2 nitrogen and oxygen atoms in total. The van der Waals surface area contributed by atoms with Crippen molar-refractivity contribution in [3.05, 3.63) is 217 Å². The zero-order valence-corrected chi connectivity index (χ0v) is 32.0. The summed E-state index contributed by atoms with van der Waals surface area (Å²) in [5.74, 6) is 0. The van der Waals surface area contributed by atoms with Gasteiger partial charge >= 0.3 is 0 Å². The first-order valence-corrected chi connectivity index (χ1v) is 19.9. The van der Waals surface area contributed by atoms with E-state index in [0.717, 1.165) is 17.1 Å². The van der Waals surface area contributed by atoms with E-state index in [1.54, 1.807) is 0 Å². The maximum absolute atomic E-state index is 2.47. The number of benzene rings is 9. The molecule has 11 rings (SSSR count). The summed E-state index contributed by atoms with van der Waals surface area (Å²) < 4.78 is 2.47. The lowest BCUT2D eigenvalue weighted by molar-refractivity contribution is 0.660. The van der Waals surface area contributed by atoms with Gasteiger partial charge < -0.3 is 9.47 Å². The summed E-state index contributed by atoms with van der Waals surface area (Å²) in [6.07, 6.45) is 0. The Morgan fingerprint density at radius 3 is 1.77 bits per heavy atom. The summed E-state index contributed by atoms with van der Waals surface area (Å²) in [5, 5.41) is 4.98. The van der Waals surface area contributed by atoms with Crippen LogP contribution in [0.1, 0.15) is 25.0 Å². The Hall–Kier alpha value is -7.16. The van der Waals surface area contributed by atoms with Crippen LogP contribution in [-0.2, 0) is 5.41 Å². The molecule has 0 radical (unpaired) electrons. The maximum atomic E-state index is 2.47. The first kappa shape index (κ1) is 33.2. The van der Waals surface area contributed by atoms with Crippen LogP contribution in [0.3, 0.4) is 0 Å². The van der Waals surface area contributed by atoms with E-state index in [4.69, 9.17) is 0 Å². The minimum absolute atomic E-state index is 0.118. The molecule has 1 heterocycles. The number of hydrogen-bond donors (Lipinski definition) is 0. The number of aromatic nitrogens is 1. The van der Waals surface area contributed by atoms with E-state index in [-0.39, 0.29) is 5.41 Å². The predicted octanol–water partition coefficient (Wildman–Crippen LogP) is 15.0. The van der Waals surface area contributed by atoms with Gasteiger partial charge in [0.1, 0.15) is 0 Å². The minimum atomic E-state index is -0.118. The molecule has 270 valence electrons. The zero-order chi connectivity index (χ0) is 38.1. The fourth-order valence-corrected chi connectivity index (χ4v) is 9.42. The van der Waals surface area contributed by atoms with Crippen molar-refractivity contribution in [2.45, 2.75) is 19.3 Å². The number of nitrogens with zero attached hydrogens (tertiary/aromatic N) is 2. The van der Waals surface area contributed by atoms with Crippen molar-refractivity contribution < 1.29 is 0 Å². The Morgan fingerprint density at radius 1 is 0.386 bits per heavy atom. The van der Waals surface area contributed by atoms with Crippen LogP contribution >= 0.6 is 0 Å². The van der Waals surface area contributed by atoms with Crippen LogP contribution in [-0.4, -0.2) is 4.57 Å². The second kappa shape index (κ2) is 13.0.